The second-order valence-electron chi connectivity index (χ2n) is 15.0. The molecule has 2 aliphatic rings. The van der Waals surface area contributed by atoms with E-state index in [9.17, 15) is 0 Å². The summed E-state index contributed by atoms with van der Waals surface area (Å²) in [6.07, 6.45) is 0. The lowest BCUT2D eigenvalue weighted by Gasteiger charge is -2.33. The van der Waals surface area contributed by atoms with Crippen molar-refractivity contribution in [1.29, 1.82) is 0 Å². The van der Waals surface area contributed by atoms with E-state index in [0.717, 1.165) is 0 Å². The van der Waals surface area contributed by atoms with Crippen LogP contribution in [0.2, 0.25) is 0 Å². The maximum atomic E-state index is 2.84. The van der Waals surface area contributed by atoms with E-state index in [1.165, 1.54) is 109 Å². The number of nitrogens with zero attached hydrogens (tertiary/aromatic N) is 4. The van der Waals surface area contributed by atoms with Crippen molar-refractivity contribution in [2.24, 2.45) is 0 Å². The van der Waals surface area contributed by atoms with Crippen molar-refractivity contribution < 1.29 is 0 Å². The van der Waals surface area contributed by atoms with Gasteiger partial charge in [-0.3, -0.25) is 0 Å². The Labute approximate surface area is 303 Å². The zero-order valence-corrected chi connectivity index (χ0v) is 29.5. The highest BCUT2D eigenvalue weighted by atomic mass is 28.4. The molecule has 244 valence electrons. The predicted molar refractivity (Wildman–Crippen MR) is 223 cm³/mol. The summed E-state index contributed by atoms with van der Waals surface area (Å²) < 4.78 is 11.3. The highest BCUT2D eigenvalue weighted by molar-refractivity contribution is 6.82. The minimum absolute atomic E-state index is 1.26. The Morgan fingerprint density at radius 2 is 0.472 bits per heavy atom. The third-order valence-corrected chi connectivity index (χ3v) is 16.7. The van der Waals surface area contributed by atoms with Gasteiger partial charge in [-0.1, -0.05) is 146 Å². The van der Waals surface area contributed by atoms with Crippen LogP contribution in [0.1, 0.15) is 0 Å². The molecule has 0 saturated carbocycles. The molecule has 0 fully saturated rings. The number of aromatic nitrogens is 4. The molecular formula is C48H28N4Si. The van der Waals surface area contributed by atoms with Gasteiger partial charge < -0.3 is 16.9 Å². The van der Waals surface area contributed by atoms with Gasteiger partial charge in [0.1, 0.15) is 0 Å². The summed E-state index contributed by atoms with van der Waals surface area (Å²) in [4.78, 5) is 0. The lowest BCUT2D eigenvalue weighted by atomic mass is 10.1. The largest absolute Gasteiger partial charge is 0.522 e. The number of fused-ring (bicyclic) bond motifs is 26. The van der Waals surface area contributed by atoms with Crippen molar-refractivity contribution in [1.82, 2.24) is 16.9 Å². The minimum Gasteiger partial charge on any atom is -0.312 e. The van der Waals surface area contributed by atoms with Crippen LogP contribution in [0.15, 0.2) is 170 Å². The van der Waals surface area contributed by atoms with E-state index >= 15 is 0 Å². The first-order valence-corrected chi connectivity index (χ1v) is 20.2. The standard InChI is InChI=1S/C48H28N4Si/c1-5-13-37-29(9-1)17-21-33-25-41-42-26-34-22-18-30-10-2-6-14-38(30)46(34)50(42)53(49(41)45(33)37)51-43(27-35-23-19-31-11-3-7-15-39(31)47(35)51)44-28-36-24-20-32-12-4-8-16-40(32)48(36)52(44)53/h1-28H. The number of hydrogen-bond acceptors (Lipinski definition) is 0. The molecule has 0 saturated heterocycles. The molecule has 12 aromatic rings. The quantitative estimate of drug-likeness (QED) is 0.141. The second kappa shape index (κ2) is 8.96. The molecular weight excluding hydrogens is 661 g/mol. The van der Waals surface area contributed by atoms with Crippen molar-refractivity contribution >= 4 is 95.4 Å². The summed E-state index contributed by atoms with van der Waals surface area (Å²) in [7, 11) is -3.40. The van der Waals surface area contributed by atoms with E-state index in [2.05, 4.69) is 187 Å². The first kappa shape index (κ1) is 26.9. The van der Waals surface area contributed by atoms with Gasteiger partial charge in [-0.05, 0) is 45.8 Å². The van der Waals surface area contributed by atoms with Gasteiger partial charge in [0, 0.05) is 43.1 Å². The van der Waals surface area contributed by atoms with Crippen LogP contribution >= 0.6 is 0 Å². The molecule has 4 aromatic heterocycles. The van der Waals surface area contributed by atoms with Crippen molar-refractivity contribution in [3.8, 4) is 22.8 Å². The Balaban J connectivity index is 1.34. The summed E-state index contributed by atoms with van der Waals surface area (Å²) >= 11 is 0. The molecule has 0 bridgehead atoms. The van der Waals surface area contributed by atoms with Crippen LogP contribution < -0.4 is 0 Å². The number of benzene rings is 8. The molecule has 14 rings (SSSR count). The van der Waals surface area contributed by atoms with Crippen LogP contribution in [0.5, 0.6) is 0 Å². The maximum absolute atomic E-state index is 3.40. The fourth-order valence-corrected chi connectivity index (χ4v) is 15.9. The minimum atomic E-state index is -3.40. The van der Waals surface area contributed by atoms with Crippen molar-refractivity contribution in [3.63, 3.8) is 0 Å². The maximum Gasteiger partial charge on any atom is 0.522 e. The van der Waals surface area contributed by atoms with Crippen LogP contribution in [0.25, 0.3) is 109 Å². The van der Waals surface area contributed by atoms with Crippen LogP contribution in [-0.2, 0) is 0 Å². The molecule has 6 heterocycles. The topological polar surface area (TPSA) is 19.7 Å². The van der Waals surface area contributed by atoms with E-state index in [0.29, 0.717) is 0 Å². The van der Waals surface area contributed by atoms with Gasteiger partial charge in [-0.25, -0.2) is 0 Å². The van der Waals surface area contributed by atoms with Gasteiger partial charge in [-0.15, -0.1) is 0 Å². The van der Waals surface area contributed by atoms with Crippen molar-refractivity contribution in [3.05, 3.63) is 170 Å². The predicted octanol–water partition coefficient (Wildman–Crippen LogP) is 12.0. The SMILES string of the molecule is c1ccc2c(c1)ccc1cc3n(c12)[Si]1(n2c-3cc3ccc4ccccc4c32)n2c(cc3ccc4ccccc4c32)-c2cc3ccc4ccccc4c3n21. The fourth-order valence-electron chi connectivity index (χ4n) is 10.5. The zero-order chi connectivity index (χ0) is 34.2. The van der Waals surface area contributed by atoms with Crippen LogP contribution in [0.4, 0.5) is 0 Å². The van der Waals surface area contributed by atoms with Crippen molar-refractivity contribution in [2.75, 3.05) is 0 Å². The van der Waals surface area contributed by atoms with Gasteiger partial charge in [0.05, 0.1) is 44.8 Å². The Kier molecular flexibility index (Phi) is 4.55. The lowest BCUT2D eigenvalue weighted by molar-refractivity contribution is 0.965. The average Bonchev–Trinajstić information content (AvgIpc) is 4.04. The third-order valence-electron chi connectivity index (χ3n) is 12.5. The molecule has 0 atom stereocenters. The van der Waals surface area contributed by atoms with Gasteiger partial charge in [-0.2, -0.15) is 0 Å². The Morgan fingerprint density at radius 1 is 0.245 bits per heavy atom. The zero-order valence-electron chi connectivity index (χ0n) is 28.5. The van der Waals surface area contributed by atoms with Crippen LogP contribution in [0, 0.1) is 0 Å². The summed E-state index contributed by atoms with van der Waals surface area (Å²) in [6, 6.07) is 64.4. The Bertz CT molecular complexity index is 3160. The first-order chi connectivity index (χ1) is 26.3. The molecule has 2 aliphatic heterocycles. The average molecular weight is 689 g/mol. The van der Waals surface area contributed by atoms with E-state index in [4.69, 9.17) is 0 Å². The summed E-state index contributed by atoms with van der Waals surface area (Å²) in [6.45, 7) is 0. The summed E-state index contributed by atoms with van der Waals surface area (Å²) in [5.74, 6) is 0. The summed E-state index contributed by atoms with van der Waals surface area (Å²) in [5.41, 5.74) is 10.4. The monoisotopic (exact) mass is 688 g/mol. The molecule has 0 unspecified atom stereocenters. The Hall–Kier alpha value is -6.82. The van der Waals surface area contributed by atoms with Gasteiger partial charge in [0.15, 0.2) is 0 Å². The fraction of sp³-hybridized carbons (Fsp3) is 0. The number of rotatable bonds is 0. The molecule has 53 heavy (non-hydrogen) atoms. The van der Waals surface area contributed by atoms with Crippen LogP contribution in [0.3, 0.4) is 0 Å². The smallest absolute Gasteiger partial charge is 0.312 e. The third kappa shape index (κ3) is 2.94. The first-order valence-electron chi connectivity index (χ1n) is 18.4. The van der Waals surface area contributed by atoms with Crippen molar-refractivity contribution in [2.45, 2.75) is 0 Å². The Morgan fingerprint density at radius 3 is 0.736 bits per heavy atom. The van der Waals surface area contributed by atoms with E-state index < -0.39 is 8.72 Å². The highest BCUT2D eigenvalue weighted by Gasteiger charge is 2.60. The number of hydrogen-bond donors (Lipinski definition) is 0. The molecule has 0 amide bonds. The normalized spacial score (nSPS) is 14.2. The van der Waals surface area contributed by atoms with E-state index in [1.54, 1.807) is 0 Å². The lowest BCUT2D eigenvalue weighted by Crippen LogP contribution is -2.59. The van der Waals surface area contributed by atoms with Gasteiger partial charge in [0.2, 0.25) is 0 Å². The molecule has 0 aliphatic carbocycles. The van der Waals surface area contributed by atoms with Crippen LogP contribution in [-0.4, -0.2) is 25.7 Å². The molecule has 5 heteroatoms. The molecule has 4 nitrogen and oxygen atoms in total. The highest BCUT2D eigenvalue weighted by Crippen LogP contribution is 2.54. The molecule has 0 N–H and O–H groups in total. The van der Waals surface area contributed by atoms with Gasteiger partial charge >= 0.3 is 8.72 Å². The molecule has 1 spiro atoms. The van der Waals surface area contributed by atoms with Gasteiger partial charge in [0.25, 0.3) is 0 Å². The molecule has 0 radical (unpaired) electrons. The van der Waals surface area contributed by atoms with E-state index in [-0.39, 0.29) is 0 Å². The summed E-state index contributed by atoms with van der Waals surface area (Å²) in [5, 5.41) is 15.4. The second-order valence-corrected chi connectivity index (χ2v) is 17.9. The van der Waals surface area contributed by atoms with E-state index in [1.807, 2.05) is 0 Å². The molecule has 8 aromatic carbocycles.